The molecule has 0 saturated carbocycles. The largest absolute Gasteiger partial charge is 0.360 e. The number of hydrogen-bond donors (Lipinski definition) is 2. The van der Waals surface area contributed by atoms with Crippen molar-refractivity contribution in [1.29, 1.82) is 0 Å². The van der Waals surface area contributed by atoms with E-state index in [1.807, 2.05) is 30.3 Å². The Hall–Kier alpha value is -2.67. The number of nitrogens with zero attached hydrogens (tertiary/aromatic N) is 2. The summed E-state index contributed by atoms with van der Waals surface area (Å²) in [6.07, 6.45) is 1.89. The van der Waals surface area contributed by atoms with E-state index in [-0.39, 0.29) is 17.9 Å². The second-order valence-electron chi connectivity index (χ2n) is 7.04. The van der Waals surface area contributed by atoms with Crippen LogP contribution in [-0.4, -0.2) is 41.5 Å². The van der Waals surface area contributed by atoms with Gasteiger partial charge >= 0.3 is 0 Å². The third-order valence-electron chi connectivity index (χ3n) is 4.90. The van der Waals surface area contributed by atoms with Gasteiger partial charge in [-0.3, -0.25) is 14.5 Å². The number of carbonyl (C=O) groups is 2. The van der Waals surface area contributed by atoms with Crippen LogP contribution in [-0.2, 0) is 9.59 Å². The van der Waals surface area contributed by atoms with Crippen molar-refractivity contribution in [2.24, 2.45) is 5.92 Å². The number of anilines is 1. The minimum absolute atomic E-state index is 0.00174. The summed E-state index contributed by atoms with van der Waals surface area (Å²) in [6, 6.07) is 11.1. The number of likely N-dealkylation sites (tertiary alicyclic amines) is 1. The van der Waals surface area contributed by atoms with Crippen LogP contribution in [0.2, 0.25) is 0 Å². The number of aryl methyl sites for hydroxylation is 1. The molecule has 144 valence electrons. The van der Waals surface area contributed by atoms with Gasteiger partial charge in [-0.15, -0.1) is 0 Å². The highest BCUT2D eigenvalue weighted by atomic mass is 16.5. The maximum Gasteiger partial charge on any atom is 0.247 e. The monoisotopic (exact) mass is 370 g/mol. The lowest BCUT2D eigenvalue weighted by atomic mass is 9.93. The number of piperidine rings is 1. The normalized spacial score (nSPS) is 16.7. The molecule has 1 saturated heterocycles. The van der Waals surface area contributed by atoms with Crippen molar-refractivity contribution in [3.63, 3.8) is 0 Å². The topological polar surface area (TPSA) is 87.5 Å². The van der Waals surface area contributed by atoms with E-state index >= 15 is 0 Å². The lowest BCUT2D eigenvalue weighted by molar-refractivity contribution is -0.122. The van der Waals surface area contributed by atoms with E-state index < -0.39 is 0 Å². The van der Waals surface area contributed by atoms with E-state index in [4.69, 9.17) is 4.52 Å². The number of nitrogens with one attached hydrogen (secondary N) is 2. The van der Waals surface area contributed by atoms with Gasteiger partial charge in [-0.25, -0.2) is 0 Å². The van der Waals surface area contributed by atoms with Gasteiger partial charge in [0.05, 0.1) is 0 Å². The van der Waals surface area contributed by atoms with E-state index in [9.17, 15) is 9.59 Å². The average Bonchev–Trinajstić information content (AvgIpc) is 3.07. The Bertz CT molecular complexity index is 767. The molecule has 1 aliphatic heterocycles. The number of amides is 2. The van der Waals surface area contributed by atoms with Crippen LogP contribution in [0, 0.1) is 12.8 Å². The van der Waals surface area contributed by atoms with Crippen molar-refractivity contribution < 1.29 is 14.1 Å². The summed E-state index contributed by atoms with van der Waals surface area (Å²) in [7, 11) is 0. The number of carbonyl (C=O) groups excluding carboxylic acids is 2. The minimum Gasteiger partial charge on any atom is -0.360 e. The Morgan fingerprint density at radius 3 is 2.56 bits per heavy atom. The van der Waals surface area contributed by atoms with E-state index in [1.54, 1.807) is 13.0 Å². The highest BCUT2D eigenvalue weighted by Crippen LogP contribution is 2.28. The Morgan fingerprint density at radius 1 is 1.26 bits per heavy atom. The zero-order chi connectivity index (χ0) is 19.2. The van der Waals surface area contributed by atoms with Gasteiger partial charge < -0.3 is 15.2 Å². The molecule has 2 N–H and O–H groups in total. The molecule has 0 radical (unpaired) electrons. The average molecular weight is 370 g/mol. The van der Waals surface area contributed by atoms with Gasteiger partial charge in [-0.1, -0.05) is 35.5 Å². The van der Waals surface area contributed by atoms with Crippen molar-refractivity contribution in [3.8, 4) is 0 Å². The van der Waals surface area contributed by atoms with Crippen molar-refractivity contribution >= 4 is 17.6 Å². The smallest absolute Gasteiger partial charge is 0.247 e. The molecule has 1 aromatic heterocycles. The molecule has 2 aromatic rings. The van der Waals surface area contributed by atoms with Gasteiger partial charge in [-0.05, 0) is 44.3 Å². The van der Waals surface area contributed by atoms with E-state index in [0.29, 0.717) is 24.0 Å². The van der Waals surface area contributed by atoms with Crippen LogP contribution < -0.4 is 10.6 Å². The van der Waals surface area contributed by atoms with Crippen molar-refractivity contribution in [2.45, 2.75) is 32.7 Å². The van der Waals surface area contributed by atoms with Gasteiger partial charge in [0, 0.05) is 19.5 Å². The lowest BCUT2D eigenvalue weighted by Gasteiger charge is -2.37. The molecular weight excluding hydrogens is 344 g/mol. The molecule has 27 heavy (non-hydrogen) atoms. The molecule has 7 heteroatoms. The van der Waals surface area contributed by atoms with E-state index in [2.05, 4.69) is 20.7 Å². The first kappa shape index (κ1) is 19.1. The standard InChI is InChI=1S/C20H26N4O3/c1-14-12-18(23-27-14)22-20(26)19(17-6-4-3-5-7-17)24-10-8-16(9-11-24)13-21-15(2)25/h3-7,12,16,19H,8-11,13H2,1-2H3,(H,21,25)(H,22,23,26). The summed E-state index contributed by atoms with van der Waals surface area (Å²) in [6.45, 7) is 5.63. The molecule has 1 atom stereocenters. The van der Waals surface area contributed by atoms with Crippen LogP contribution in [0.5, 0.6) is 0 Å². The number of benzene rings is 1. The van der Waals surface area contributed by atoms with Crippen molar-refractivity contribution in [1.82, 2.24) is 15.4 Å². The Balaban J connectivity index is 1.69. The predicted octanol–water partition coefficient (Wildman–Crippen LogP) is 2.51. The Morgan fingerprint density at radius 2 is 1.96 bits per heavy atom. The predicted molar refractivity (Wildman–Crippen MR) is 102 cm³/mol. The Kier molecular flexibility index (Phi) is 6.24. The highest BCUT2D eigenvalue weighted by Gasteiger charge is 2.31. The zero-order valence-corrected chi connectivity index (χ0v) is 15.8. The fourth-order valence-electron chi connectivity index (χ4n) is 3.49. The summed E-state index contributed by atoms with van der Waals surface area (Å²) >= 11 is 0. The first-order valence-electron chi connectivity index (χ1n) is 9.30. The molecule has 2 heterocycles. The number of hydrogen-bond acceptors (Lipinski definition) is 5. The second kappa shape index (κ2) is 8.81. The highest BCUT2D eigenvalue weighted by molar-refractivity contribution is 5.94. The second-order valence-corrected chi connectivity index (χ2v) is 7.04. The first-order chi connectivity index (χ1) is 13.0. The molecule has 1 fully saturated rings. The Labute approximate surface area is 159 Å². The summed E-state index contributed by atoms with van der Waals surface area (Å²) < 4.78 is 5.04. The van der Waals surface area contributed by atoms with Crippen LogP contribution in [0.3, 0.4) is 0 Å². The molecule has 0 bridgehead atoms. The van der Waals surface area contributed by atoms with Gasteiger partial charge in [0.2, 0.25) is 11.8 Å². The molecule has 3 rings (SSSR count). The van der Waals surface area contributed by atoms with E-state index in [1.165, 1.54) is 6.92 Å². The van der Waals surface area contributed by atoms with Gasteiger partial charge in [0.25, 0.3) is 0 Å². The van der Waals surface area contributed by atoms with E-state index in [0.717, 1.165) is 31.5 Å². The quantitative estimate of drug-likeness (QED) is 0.816. The first-order valence-corrected chi connectivity index (χ1v) is 9.30. The summed E-state index contributed by atoms with van der Waals surface area (Å²) in [5, 5.41) is 9.62. The third kappa shape index (κ3) is 5.17. The van der Waals surface area contributed by atoms with Crippen LogP contribution >= 0.6 is 0 Å². The van der Waals surface area contributed by atoms with Crippen LogP contribution in [0.1, 0.15) is 37.1 Å². The molecule has 2 amide bonds. The number of rotatable bonds is 6. The summed E-state index contributed by atoms with van der Waals surface area (Å²) in [4.78, 5) is 26.3. The van der Waals surface area contributed by atoms with Gasteiger partial charge in [0.15, 0.2) is 5.82 Å². The van der Waals surface area contributed by atoms with Crippen molar-refractivity contribution in [2.75, 3.05) is 25.0 Å². The lowest BCUT2D eigenvalue weighted by Crippen LogP contribution is -2.44. The van der Waals surface area contributed by atoms with Gasteiger partial charge in [-0.2, -0.15) is 0 Å². The molecule has 1 aliphatic rings. The fourth-order valence-corrected chi connectivity index (χ4v) is 3.49. The van der Waals surface area contributed by atoms with Crippen molar-refractivity contribution in [3.05, 3.63) is 47.7 Å². The maximum atomic E-state index is 13.0. The van der Waals surface area contributed by atoms with Crippen LogP contribution in [0.4, 0.5) is 5.82 Å². The third-order valence-corrected chi connectivity index (χ3v) is 4.90. The molecular formula is C20H26N4O3. The van der Waals surface area contributed by atoms with Crippen LogP contribution in [0.15, 0.2) is 40.9 Å². The van der Waals surface area contributed by atoms with Gasteiger partial charge in [0.1, 0.15) is 11.8 Å². The van der Waals surface area contributed by atoms with Crippen LogP contribution in [0.25, 0.3) is 0 Å². The summed E-state index contributed by atoms with van der Waals surface area (Å²) in [5.74, 6) is 1.42. The number of aromatic nitrogens is 1. The SMILES string of the molecule is CC(=O)NCC1CCN(C(C(=O)Nc2cc(C)on2)c2ccccc2)CC1. The molecule has 0 aliphatic carbocycles. The summed E-state index contributed by atoms with van der Waals surface area (Å²) in [5.41, 5.74) is 0.954. The molecule has 7 nitrogen and oxygen atoms in total. The zero-order valence-electron chi connectivity index (χ0n) is 15.8. The molecule has 1 unspecified atom stereocenters. The molecule has 1 aromatic carbocycles. The minimum atomic E-state index is -0.384. The molecule has 0 spiro atoms. The maximum absolute atomic E-state index is 13.0. The fraction of sp³-hybridized carbons (Fsp3) is 0.450.